The molecule has 1 atom stereocenters. The van der Waals surface area contributed by atoms with Gasteiger partial charge < -0.3 is 10.2 Å². The van der Waals surface area contributed by atoms with Crippen molar-refractivity contribution in [1.29, 1.82) is 0 Å². The first kappa shape index (κ1) is 18.9. The van der Waals surface area contributed by atoms with Crippen molar-refractivity contribution in [2.24, 2.45) is 0 Å². The number of aromatic nitrogens is 4. The van der Waals surface area contributed by atoms with E-state index in [0.717, 1.165) is 43.9 Å². The molecule has 0 aromatic carbocycles. The summed E-state index contributed by atoms with van der Waals surface area (Å²) in [4.78, 5) is 36.6. The van der Waals surface area contributed by atoms with Crippen LogP contribution in [0.4, 0.5) is 0 Å². The van der Waals surface area contributed by atoms with Gasteiger partial charge in [0.05, 0.1) is 12.2 Å². The number of hydrogen-bond donors (Lipinski definition) is 1. The van der Waals surface area contributed by atoms with Gasteiger partial charge in [-0.25, -0.2) is 9.97 Å². The van der Waals surface area contributed by atoms with Crippen LogP contribution in [0.15, 0.2) is 34.1 Å². The van der Waals surface area contributed by atoms with Crippen LogP contribution in [0.3, 0.4) is 0 Å². The fourth-order valence-corrected chi connectivity index (χ4v) is 5.32. The molecule has 5 heterocycles. The molecule has 0 saturated carbocycles. The van der Waals surface area contributed by atoms with Gasteiger partial charge in [-0.1, -0.05) is 11.6 Å². The Hall–Kier alpha value is -2.07. The van der Waals surface area contributed by atoms with Crippen molar-refractivity contribution in [1.82, 2.24) is 29.3 Å². The Balaban J connectivity index is 1.23. The van der Waals surface area contributed by atoms with Crippen LogP contribution in [-0.4, -0.2) is 49.7 Å². The van der Waals surface area contributed by atoms with Gasteiger partial charge >= 0.3 is 0 Å². The van der Waals surface area contributed by atoms with Crippen LogP contribution < -0.4 is 16.4 Å². The van der Waals surface area contributed by atoms with E-state index in [9.17, 15) is 9.59 Å². The monoisotopic (exact) mass is 432 g/mol. The number of likely N-dealkylation sites (tertiary alicyclic amines) is 1. The summed E-state index contributed by atoms with van der Waals surface area (Å²) in [6, 6.07) is 3.65. The van der Waals surface area contributed by atoms with Crippen molar-refractivity contribution >= 4 is 34.1 Å². The maximum Gasteiger partial charge on any atom is 0.270 e. The average Bonchev–Trinajstić information content (AvgIpc) is 3.31. The van der Waals surface area contributed by atoms with E-state index in [0.29, 0.717) is 28.2 Å². The predicted octanol–water partition coefficient (Wildman–Crippen LogP) is 1.48. The molecule has 3 aromatic rings. The summed E-state index contributed by atoms with van der Waals surface area (Å²) < 4.78 is 4.01. The van der Waals surface area contributed by atoms with E-state index in [1.807, 2.05) is 6.20 Å². The molecule has 152 valence electrons. The smallest absolute Gasteiger partial charge is 0.270 e. The maximum atomic E-state index is 12.5. The van der Waals surface area contributed by atoms with Crippen LogP contribution in [0.1, 0.15) is 23.8 Å². The summed E-state index contributed by atoms with van der Waals surface area (Å²) in [6.07, 6.45) is 5.28. The second-order valence-corrected chi connectivity index (χ2v) is 9.34. The van der Waals surface area contributed by atoms with E-state index < -0.39 is 0 Å². The molecule has 2 aliphatic rings. The molecule has 0 bridgehead atoms. The van der Waals surface area contributed by atoms with Gasteiger partial charge in [0.2, 0.25) is 0 Å². The lowest BCUT2D eigenvalue weighted by Gasteiger charge is -2.34. The fourth-order valence-electron chi connectivity index (χ4n) is 4.39. The highest BCUT2D eigenvalue weighted by molar-refractivity contribution is 7.15. The summed E-state index contributed by atoms with van der Waals surface area (Å²) in [5, 5.41) is 3.59. The van der Waals surface area contributed by atoms with Gasteiger partial charge in [-0.15, -0.1) is 11.3 Å². The van der Waals surface area contributed by atoms with Crippen LogP contribution in [0, 0.1) is 0 Å². The Labute approximate surface area is 175 Å². The zero-order valence-electron chi connectivity index (χ0n) is 15.8. The first-order valence-corrected chi connectivity index (χ1v) is 10.9. The molecule has 8 nitrogen and oxygen atoms in total. The lowest BCUT2D eigenvalue weighted by Crippen LogP contribution is -2.44. The van der Waals surface area contributed by atoms with Crippen molar-refractivity contribution in [3.63, 3.8) is 0 Å². The molecule has 5 rings (SSSR count). The van der Waals surface area contributed by atoms with Crippen molar-refractivity contribution in [2.75, 3.05) is 19.6 Å². The highest BCUT2D eigenvalue weighted by Crippen LogP contribution is 2.24. The van der Waals surface area contributed by atoms with Crippen LogP contribution in [0.5, 0.6) is 0 Å². The molecular weight excluding hydrogens is 412 g/mol. The fraction of sp³-hybridized carbons (Fsp3) is 0.474. The zero-order valence-corrected chi connectivity index (χ0v) is 17.3. The minimum Gasteiger partial charge on any atom is -0.309 e. The predicted molar refractivity (Wildman–Crippen MR) is 113 cm³/mol. The van der Waals surface area contributed by atoms with Gasteiger partial charge in [-0.05, 0) is 32.0 Å². The van der Waals surface area contributed by atoms with Gasteiger partial charge in [0.1, 0.15) is 11.2 Å². The molecule has 3 aromatic heterocycles. The van der Waals surface area contributed by atoms with Crippen molar-refractivity contribution < 1.29 is 0 Å². The Kier molecular flexibility index (Phi) is 4.99. The van der Waals surface area contributed by atoms with Gasteiger partial charge in [0.15, 0.2) is 4.47 Å². The van der Waals surface area contributed by atoms with E-state index in [1.165, 1.54) is 23.6 Å². The number of piperidine rings is 1. The summed E-state index contributed by atoms with van der Waals surface area (Å²) in [7, 11) is 0. The van der Waals surface area contributed by atoms with Crippen molar-refractivity contribution in [2.45, 2.75) is 38.0 Å². The molecule has 0 amide bonds. The number of halogens is 1. The minimum absolute atomic E-state index is 0.0352. The van der Waals surface area contributed by atoms with Crippen LogP contribution >= 0.6 is 22.9 Å². The molecule has 29 heavy (non-hydrogen) atoms. The largest absolute Gasteiger partial charge is 0.309 e. The molecule has 1 unspecified atom stereocenters. The molecule has 1 N–H and O–H groups in total. The van der Waals surface area contributed by atoms with Crippen molar-refractivity contribution in [3.8, 4) is 0 Å². The Bertz CT molecular complexity index is 1160. The Morgan fingerprint density at radius 3 is 2.72 bits per heavy atom. The Morgan fingerprint density at radius 1 is 1.14 bits per heavy atom. The number of pyridine rings is 1. The standard InChI is InChI=1S/C19H21ClN6O2S/c20-19-23-8-14(29-19)7-21-12-3-5-24(6-4-12)10-13-11-25-16(27)2-1-15-18(25)26(13)17(28)9-22-15/h1-2,8-9,12-13,21H,3-7,10-11H2. The molecule has 0 spiro atoms. The summed E-state index contributed by atoms with van der Waals surface area (Å²) >= 11 is 7.40. The van der Waals surface area contributed by atoms with E-state index in [2.05, 4.69) is 20.2 Å². The summed E-state index contributed by atoms with van der Waals surface area (Å²) in [6.45, 7) is 4.01. The quantitative estimate of drug-likeness (QED) is 0.657. The number of hydrogen-bond acceptors (Lipinski definition) is 7. The van der Waals surface area contributed by atoms with Gasteiger partial charge in [-0.2, -0.15) is 0 Å². The zero-order chi connectivity index (χ0) is 20.0. The van der Waals surface area contributed by atoms with Gasteiger partial charge in [0.25, 0.3) is 11.1 Å². The normalized spacial score (nSPS) is 20.0. The highest BCUT2D eigenvalue weighted by atomic mass is 35.5. The SMILES string of the molecule is O=c1ccc2ncc(=O)n3c2n1CC3CN1CCC(NCc2cnc(Cl)s2)CC1. The molecule has 10 heteroatoms. The Morgan fingerprint density at radius 2 is 1.97 bits per heavy atom. The molecule has 0 aliphatic carbocycles. The highest BCUT2D eigenvalue weighted by Gasteiger charge is 2.29. The lowest BCUT2D eigenvalue weighted by atomic mass is 10.0. The maximum absolute atomic E-state index is 12.5. The van der Waals surface area contributed by atoms with E-state index in [4.69, 9.17) is 11.6 Å². The number of nitrogens with one attached hydrogen (secondary N) is 1. The number of thiazole rings is 1. The minimum atomic E-state index is -0.140. The molecule has 2 aliphatic heterocycles. The second kappa shape index (κ2) is 7.64. The van der Waals surface area contributed by atoms with Crippen molar-refractivity contribution in [3.05, 3.63) is 54.6 Å². The topological polar surface area (TPSA) is 85.0 Å². The molecule has 1 fully saturated rings. The van der Waals surface area contributed by atoms with E-state index in [-0.39, 0.29) is 17.2 Å². The second-order valence-electron chi connectivity index (χ2n) is 7.65. The first-order valence-electron chi connectivity index (χ1n) is 9.75. The number of nitrogens with zero attached hydrogens (tertiary/aromatic N) is 5. The molecule has 0 radical (unpaired) electrons. The molecule has 1 saturated heterocycles. The summed E-state index contributed by atoms with van der Waals surface area (Å²) in [5.74, 6) is 0. The van der Waals surface area contributed by atoms with E-state index in [1.54, 1.807) is 15.2 Å². The van der Waals surface area contributed by atoms with Crippen LogP contribution in [0.2, 0.25) is 4.47 Å². The average molecular weight is 433 g/mol. The van der Waals surface area contributed by atoms with Crippen LogP contribution in [0.25, 0.3) is 11.2 Å². The summed E-state index contributed by atoms with van der Waals surface area (Å²) in [5.41, 5.74) is 1.12. The van der Waals surface area contributed by atoms with Crippen LogP contribution in [-0.2, 0) is 13.1 Å². The van der Waals surface area contributed by atoms with Gasteiger partial charge in [-0.3, -0.25) is 18.7 Å². The third-order valence-corrected chi connectivity index (χ3v) is 6.93. The van der Waals surface area contributed by atoms with E-state index >= 15 is 0 Å². The van der Waals surface area contributed by atoms with Gasteiger partial charge in [0, 0.05) is 42.8 Å². The third kappa shape index (κ3) is 3.63. The lowest BCUT2D eigenvalue weighted by molar-refractivity contribution is 0.171. The number of rotatable bonds is 5. The third-order valence-electron chi connectivity index (χ3n) is 5.82. The first-order chi connectivity index (χ1) is 14.1. The molecular formula is C19H21ClN6O2S.